The molecular formula is C17H22N2O2. The Morgan fingerprint density at radius 2 is 1.86 bits per heavy atom. The average molecular weight is 286 g/mol. The van der Waals surface area contributed by atoms with Crippen molar-refractivity contribution >= 4 is 5.91 Å². The highest BCUT2D eigenvalue weighted by atomic mass is 16.5. The van der Waals surface area contributed by atoms with Crippen molar-refractivity contribution in [1.82, 2.24) is 10.5 Å². The van der Waals surface area contributed by atoms with Gasteiger partial charge >= 0.3 is 0 Å². The number of amides is 1. The lowest BCUT2D eigenvalue weighted by molar-refractivity contribution is -0.121. The Morgan fingerprint density at radius 1 is 1.19 bits per heavy atom. The molecule has 2 rings (SSSR count). The summed E-state index contributed by atoms with van der Waals surface area (Å²) in [6.07, 6.45) is 2.30. The number of aryl methyl sites for hydroxylation is 4. The summed E-state index contributed by atoms with van der Waals surface area (Å²) in [5.41, 5.74) is 4.32. The molecule has 4 nitrogen and oxygen atoms in total. The van der Waals surface area contributed by atoms with Crippen molar-refractivity contribution in [2.75, 3.05) is 0 Å². The monoisotopic (exact) mass is 286 g/mol. The lowest BCUT2D eigenvalue weighted by atomic mass is 10.1. The van der Waals surface area contributed by atoms with Crippen LogP contribution in [0.5, 0.6) is 0 Å². The molecule has 0 aliphatic carbocycles. The van der Waals surface area contributed by atoms with Crippen molar-refractivity contribution < 1.29 is 9.32 Å². The summed E-state index contributed by atoms with van der Waals surface area (Å²) < 4.78 is 5.08. The van der Waals surface area contributed by atoms with Gasteiger partial charge in [0, 0.05) is 18.5 Å². The van der Waals surface area contributed by atoms with Crippen LogP contribution in [-0.4, -0.2) is 11.1 Å². The molecular weight excluding hydrogens is 264 g/mol. The molecule has 0 saturated carbocycles. The van der Waals surface area contributed by atoms with E-state index in [1.54, 1.807) is 0 Å². The van der Waals surface area contributed by atoms with Gasteiger partial charge in [0.05, 0.1) is 5.69 Å². The van der Waals surface area contributed by atoms with E-state index in [0.717, 1.165) is 29.9 Å². The molecule has 0 aliphatic rings. The third-order valence-corrected chi connectivity index (χ3v) is 3.72. The fraction of sp³-hybridized carbons (Fsp3) is 0.412. The third-order valence-electron chi connectivity index (χ3n) is 3.72. The zero-order valence-corrected chi connectivity index (χ0v) is 12.9. The van der Waals surface area contributed by atoms with Gasteiger partial charge in [-0.15, -0.1) is 0 Å². The van der Waals surface area contributed by atoms with Crippen molar-refractivity contribution in [3.63, 3.8) is 0 Å². The Morgan fingerprint density at radius 3 is 2.43 bits per heavy atom. The van der Waals surface area contributed by atoms with Gasteiger partial charge in [-0.25, -0.2) is 0 Å². The van der Waals surface area contributed by atoms with Crippen LogP contribution in [-0.2, 0) is 24.2 Å². The minimum Gasteiger partial charge on any atom is -0.361 e. The zero-order chi connectivity index (χ0) is 15.2. The van der Waals surface area contributed by atoms with Gasteiger partial charge in [-0.1, -0.05) is 36.3 Å². The molecule has 4 heteroatoms. The van der Waals surface area contributed by atoms with Crippen molar-refractivity contribution in [2.45, 2.75) is 46.6 Å². The number of nitrogens with zero attached hydrogens (tertiary/aromatic N) is 1. The third kappa shape index (κ3) is 4.18. The zero-order valence-electron chi connectivity index (χ0n) is 12.9. The topological polar surface area (TPSA) is 55.1 Å². The number of carbonyl (C=O) groups excluding carboxylic acids is 1. The molecule has 21 heavy (non-hydrogen) atoms. The van der Waals surface area contributed by atoms with E-state index < -0.39 is 0 Å². The van der Waals surface area contributed by atoms with Crippen molar-refractivity contribution in [3.8, 4) is 0 Å². The summed E-state index contributed by atoms with van der Waals surface area (Å²) in [6, 6.07) is 8.44. The van der Waals surface area contributed by atoms with Gasteiger partial charge in [0.2, 0.25) is 5.91 Å². The van der Waals surface area contributed by atoms with Crippen LogP contribution in [0.4, 0.5) is 0 Å². The maximum atomic E-state index is 11.9. The van der Waals surface area contributed by atoms with Crippen molar-refractivity contribution in [2.24, 2.45) is 0 Å². The second-order valence-electron chi connectivity index (χ2n) is 5.25. The molecule has 2 aromatic rings. The smallest absolute Gasteiger partial charge is 0.220 e. The molecule has 1 amide bonds. The fourth-order valence-electron chi connectivity index (χ4n) is 2.23. The highest BCUT2D eigenvalue weighted by molar-refractivity contribution is 5.76. The molecule has 0 atom stereocenters. The maximum Gasteiger partial charge on any atom is 0.220 e. The first-order chi connectivity index (χ1) is 10.1. The van der Waals surface area contributed by atoms with E-state index in [2.05, 4.69) is 41.7 Å². The molecule has 1 aromatic carbocycles. The first-order valence-electron chi connectivity index (χ1n) is 7.36. The second kappa shape index (κ2) is 7.07. The molecule has 112 valence electrons. The van der Waals surface area contributed by atoms with E-state index in [0.29, 0.717) is 13.0 Å². The van der Waals surface area contributed by atoms with Crippen LogP contribution in [0.2, 0.25) is 0 Å². The van der Waals surface area contributed by atoms with Crippen molar-refractivity contribution in [3.05, 3.63) is 52.4 Å². The quantitative estimate of drug-likeness (QED) is 0.887. The molecule has 0 saturated heterocycles. The maximum absolute atomic E-state index is 11.9. The van der Waals surface area contributed by atoms with E-state index in [-0.39, 0.29) is 5.91 Å². The Bertz CT molecular complexity index is 580. The second-order valence-corrected chi connectivity index (χ2v) is 5.25. The summed E-state index contributed by atoms with van der Waals surface area (Å²) in [5, 5.41) is 6.80. The fourth-order valence-corrected chi connectivity index (χ4v) is 2.23. The Hall–Kier alpha value is -2.10. The number of aromatic nitrogens is 1. The molecule has 0 spiro atoms. The number of carbonyl (C=O) groups is 1. The number of hydrogen-bond acceptors (Lipinski definition) is 3. The minimum absolute atomic E-state index is 0.0505. The summed E-state index contributed by atoms with van der Waals surface area (Å²) in [5.74, 6) is 0.817. The summed E-state index contributed by atoms with van der Waals surface area (Å²) in [6.45, 7) is 6.36. The predicted molar refractivity (Wildman–Crippen MR) is 82.0 cm³/mol. The standard InChI is InChI=1S/C17H22N2O2/c1-4-14-5-7-15(8-6-14)9-10-17(20)18-11-16-12(2)19-21-13(16)3/h5-8H,4,9-11H2,1-3H3,(H,18,20). The van der Waals surface area contributed by atoms with Crippen molar-refractivity contribution in [1.29, 1.82) is 0 Å². The average Bonchev–Trinajstić information content (AvgIpc) is 2.82. The van der Waals surface area contributed by atoms with Crippen LogP contribution in [0.3, 0.4) is 0 Å². The van der Waals surface area contributed by atoms with E-state index in [4.69, 9.17) is 4.52 Å². The molecule has 0 unspecified atom stereocenters. The molecule has 0 aliphatic heterocycles. The number of nitrogens with one attached hydrogen (secondary N) is 1. The van der Waals surface area contributed by atoms with Gasteiger partial charge in [0.15, 0.2) is 0 Å². The van der Waals surface area contributed by atoms with Crippen LogP contribution < -0.4 is 5.32 Å². The van der Waals surface area contributed by atoms with Crippen LogP contribution >= 0.6 is 0 Å². The van der Waals surface area contributed by atoms with Gasteiger partial charge in [-0.2, -0.15) is 0 Å². The van der Waals surface area contributed by atoms with Gasteiger partial charge in [-0.3, -0.25) is 4.79 Å². The highest BCUT2D eigenvalue weighted by Gasteiger charge is 2.10. The largest absolute Gasteiger partial charge is 0.361 e. The number of hydrogen-bond donors (Lipinski definition) is 1. The highest BCUT2D eigenvalue weighted by Crippen LogP contribution is 2.12. The summed E-state index contributed by atoms with van der Waals surface area (Å²) >= 11 is 0. The Balaban J connectivity index is 1.79. The van der Waals surface area contributed by atoms with Gasteiger partial charge < -0.3 is 9.84 Å². The number of rotatable bonds is 6. The van der Waals surface area contributed by atoms with Gasteiger partial charge in [0.25, 0.3) is 0 Å². The Kier molecular flexibility index (Phi) is 5.14. The normalized spacial score (nSPS) is 10.6. The molecule has 0 fully saturated rings. The first-order valence-corrected chi connectivity index (χ1v) is 7.36. The first kappa shape index (κ1) is 15.3. The van der Waals surface area contributed by atoms with Crippen LogP contribution in [0.1, 0.15) is 41.5 Å². The Labute approximate surface area is 125 Å². The summed E-state index contributed by atoms with van der Waals surface area (Å²) in [4.78, 5) is 11.9. The molecule has 0 bridgehead atoms. The summed E-state index contributed by atoms with van der Waals surface area (Å²) in [7, 11) is 0. The van der Waals surface area contributed by atoms with E-state index in [1.807, 2.05) is 13.8 Å². The lowest BCUT2D eigenvalue weighted by Gasteiger charge is -2.05. The number of benzene rings is 1. The molecule has 0 radical (unpaired) electrons. The van der Waals surface area contributed by atoms with E-state index >= 15 is 0 Å². The SMILES string of the molecule is CCc1ccc(CCC(=O)NCc2c(C)noc2C)cc1. The molecule has 1 heterocycles. The minimum atomic E-state index is 0.0505. The van der Waals surface area contributed by atoms with Crippen LogP contribution in [0.15, 0.2) is 28.8 Å². The van der Waals surface area contributed by atoms with Gasteiger partial charge in [0.1, 0.15) is 5.76 Å². The van der Waals surface area contributed by atoms with Crippen LogP contribution in [0, 0.1) is 13.8 Å². The predicted octanol–water partition coefficient (Wildman–Crippen LogP) is 3.10. The molecule has 1 N–H and O–H groups in total. The van der Waals surface area contributed by atoms with E-state index in [9.17, 15) is 4.79 Å². The molecule has 1 aromatic heterocycles. The van der Waals surface area contributed by atoms with Gasteiger partial charge in [-0.05, 0) is 37.8 Å². The van der Waals surface area contributed by atoms with E-state index in [1.165, 1.54) is 11.1 Å². The van der Waals surface area contributed by atoms with Crippen LogP contribution in [0.25, 0.3) is 0 Å². The lowest BCUT2D eigenvalue weighted by Crippen LogP contribution is -2.23.